The second kappa shape index (κ2) is 4.57. The molecule has 0 radical (unpaired) electrons. The number of nitrogens with zero attached hydrogens (tertiary/aromatic N) is 1. The Balaban J connectivity index is 1.84. The number of aromatic nitrogens is 2. The first-order valence-corrected chi connectivity index (χ1v) is 6.03. The lowest BCUT2D eigenvalue weighted by Crippen LogP contribution is -2.12. The van der Waals surface area contributed by atoms with Crippen molar-refractivity contribution in [2.24, 2.45) is 0 Å². The number of benzene rings is 1. The third kappa shape index (κ3) is 2.33. The van der Waals surface area contributed by atoms with Crippen molar-refractivity contribution in [3.05, 3.63) is 59.9 Å². The Morgan fingerprint density at radius 1 is 1.21 bits per heavy atom. The second-order valence-corrected chi connectivity index (χ2v) is 4.45. The molecule has 2 N–H and O–H groups in total. The van der Waals surface area contributed by atoms with Gasteiger partial charge in [0.2, 0.25) is 0 Å². The minimum Gasteiger partial charge on any atom is -0.361 e. The Bertz CT molecular complexity index is 728. The van der Waals surface area contributed by atoms with E-state index in [1.165, 1.54) is 0 Å². The van der Waals surface area contributed by atoms with Gasteiger partial charge in [0.15, 0.2) is 0 Å². The predicted octanol–water partition coefficient (Wildman–Crippen LogP) is 3.12. The highest BCUT2D eigenvalue weighted by Gasteiger charge is 2.07. The van der Waals surface area contributed by atoms with E-state index in [4.69, 9.17) is 0 Å². The first-order chi connectivity index (χ1) is 9.22. The number of pyridine rings is 1. The molecular formula is C15H13N3O. The largest absolute Gasteiger partial charge is 0.361 e. The van der Waals surface area contributed by atoms with Crippen molar-refractivity contribution in [2.45, 2.75) is 6.92 Å². The molecule has 0 aliphatic rings. The molecule has 0 spiro atoms. The molecule has 3 aromatic rings. The molecule has 0 aliphatic heterocycles. The topological polar surface area (TPSA) is 57.8 Å². The van der Waals surface area contributed by atoms with E-state index in [-0.39, 0.29) is 5.91 Å². The van der Waals surface area contributed by atoms with Gasteiger partial charge in [0.1, 0.15) is 5.82 Å². The van der Waals surface area contributed by atoms with Crippen LogP contribution >= 0.6 is 0 Å². The third-order valence-corrected chi connectivity index (χ3v) is 2.97. The van der Waals surface area contributed by atoms with Crippen LogP contribution in [0.1, 0.15) is 15.9 Å². The second-order valence-electron chi connectivity index (χ2n) is 4.45. The highest BCUT2D eigenvalue weighted by atomic mass is 16.1. The lowest BCUT2D eigenvalue weighted by atomic mass is 10.1. The summed E-state index contributed by atoms with van der Waals surface area (Å²) < 4.78 is 0. The van der Waals surface area contributed by atoms with Gasteiger partial charge in [0.05, 0.1) is 0 Å². The van der Waals surface area contributed by atoms with E-state index < -0.39 is 0 Å². The molecule has 2 heterocycles. The van der Waals surface area contributed by atoms with Crippen molar-refractivity contribution >= 4 is 22.6 Å². The van der Waals surface area contributed by atoms with Crippen LogP contribution in [0.2, 0.25) is 0 Å². The smallest absolute Gasteiger partial charge is 0.256 e. The van der Waals surface area contributed by atoms with E-state index in [1.54, 1.807) is 18.3 Å². The van der Waals surface area contributed by atoms with Crippen molar-refractivity contribution in [2.75, 3.05) is 5.32 Å². The van der Waals surface area contributed by atoms with Crippen LogP contribution in [0.15, 0.2) is 48.8 Å². The van der Waals surface area contributed by atoms with Crippen molar-refractivity contribution in [3.8, 4) is 0 Å². The number of H-pyrrole nitrogens is 1. The van der Waals surface area contributed by atoms with Crippen LogP contribution in [0, 0.1) is 6.92 Å². The highest BCUT2D eigenvalue weighted by molar-refractivity contribution is 6.05. The number of aryl methyl sites for hydroxylation is 1. The Kier molecular flexibility index (Phi) is 2.76. The summed E-state index contributed by atoms with van der Waals surface area (Å²) in [6.07, 6.45) is 3.58. The maximum Gasteiger partial charge on any atom is 0.256 e. The van der Waals surface area contributed by atoms with E-state index in [1.807, 2.05) is 37.4 Å². The standard InChI is InChI=1S/C15H13N3O/c1-10-2-5-14(17-9-10)18-15(19)12-3-4-13-11(8-12)6-7-16-13/h2-9,16H,1H3,(H,17,18,19). The molecule has 0 saturated carbocycles. The van der Waals surface area contributed by atoms with Crippen LogP contribution < -0.4 is 5.32 Å². The van der Waals surface area contributed by atoms with Gasteiger partial charge in [-0.3, -0.25) is 4.79 Å². The molecule has 0 saturated heterocycles. The van der Waals surface area contributed by atoms with Crippen molar-refractivity contribution in [3.63, 3.8) is 0 Å². The maximum absolute atomic E-state index is 12.1. The van der Waals surface area contributed by atoms with Crippen LogP contribution in [-0.4, -0.2) is 15.9 Å². The first-order valence-electron chi connectivity index (χ1n) is 6.03. The Morgan fingerprint density at radius 3 is 2.89 bits per heavy atom. The molecule has 4 heteroatoms. The number of hydrogen-bond acceptors (Lipinski definition) is 2. The van der Waals surface area contributed by atoms with Crippen LogP contribution in [0.25, 0.3) is 10.9 Å². The number of amides is 1. The van der Waals surface area contributed by atoms with Crippen LogP contribution in [0.3, 0.4) is 0 Å². The summed E-state index contributed by atoms with van der Waals surface area (Å²) in [6, 6.07) is 11.2. The summed E-state index contributed by atoms with van der Waals surface area (Å²) in [4.78, 5) is 19.4. The number of nitrogens with one attached hydrogen (secondary N) is 2. The van der Waals surface area contributed by atoms with Gasteiger partial charge < -0.3 is 10.3 Å². The lowest BCUT2D eigenvalue weighted by molar-refractivity contribution is 0.102. The molecule has 3 rings (SSSR count). The molecule has 1 aromatic carbocycles. The number of carbonyl (C=O) groups is 1. The number of anilines is 1. The average molecular weight is 251 g/mol. The zero-order chi connectivity index (χ0) is 13.2. The van der Waals surface area contributed by atoms with Gasteiger partial charge in [-0.05, 0) is 42.8 Å². The summed E-state index contributed by atoms with van der Waals surface area (Å²) in [5, 5.41) is 3.80. The van der Waals surface area contributed by atoms with E-state index in [0.29, 0.717) is 11.4 Å². The lowest BCUT2D eigenvalue weighted by Gasteiger charge is -2.04. The minimum absolute atomic E-state index is 0.153. The summed E-state index contributed by atoms with van der Waals surface area (Å²) in [6.45, 7) is 1.96. The van der Waals surface area contributed by atoms with Gasteiger partial charge >= 0.3 is 0 Å². The normalized spacial score (nSPS) is 10.6. The average Bonchev–Trinajstić information content (AvgIpc) is 2.88. The zero-order valence-corrected chi connectivity index (χ0v) is 10.5. The highest BCUT2D eigenvalue weighted by Crippen LogP contribution is 2.15. The SMILES string of the molecule is Cc1ccc(NC(=O)c2ccc3[nH]ccc3c2)nc1. The van der Waals surface area contributed by atoms with E-state index in [2.05, 4.69) is 15.3 Å². The molecule has 19 heavy (non-hydrogen) atoms. The first kappa shape index (κ1) is 11.5. The van der Waals surface area contributed by atoms with Gasteiger partial charge in [-0.2, -0.15) is 0 Å². The number of hydrogen-bond donors (Lipinski definition) is 2. The number of rotatable bonds is 2. The molecule has 0 atom stereocenters. The Labute approximate surface area is 110 Å². The fraction of sp³-hybridized carbons (Fsp3) is 0.0667. The van der Waals surface area contributed by atoms with Gasteiger partial charge in [0.25, 0.3) is 5.91 Å². The predicted molar refractivity (Wildman–Crippen MR) is 75.2 cm³/mol. The monoisotopic (exact) mass is 251 g/mol. The van der Waals surface area contributed by atoms with E-state index in [9.17, 15) is 4.79 Å². The number of aromatic amines is 1. The van der Waals surface area contributed by atoms with Crippen LogP contribution in [-0.2, 0) is 0 Å². The fourth-order valence-corrected chi connectivity index (χ4v) is 1.92. The molecule has 0 aliphatic carbocycles. The van der Waals surface area contributed by atoms with Crippen molar-refractivity contribution in [1.29, 1.82) is 0 Å². The molecule has 0 fully saturated rings. The maximum atomic E-state index is 12.1. The van der Waals surface area contributed by atoms with Gasteiger partial charge in [-0.15, -0.1) is 0 Å². The quantitative estimate of drug-likeness (QED) is 0.735. The minimum atomic E-state index is -0.153. The molecule has 0 bridgehead atoms. The van der Waals surface area contributed by atoms with Gasteiger partial charge in [-0.1, -0.05) is 6.07 Å². The number of fused-ring (bicyclic) bond motifs is 1. The zero-order valence-electron chi connectivity index (χ0n) is 10.5. The summed E-state index contributed by atoms with van der Waals surface area (Å²) in [7, 11) is 0. The van der Waals surface area contributed by atoms with Crippen molar-refractivity contribution in [1.82, 2.24) is 9.97 Å². The molecule has 2 aromatic heterocycles. The molecular weight excluding hydrogens is 238 g/mol. The Hall–Kier alpha value is -2.62. The summed E-state index contributed by atoms with van der Waals surface area (Å²) in [5.41, 5.74) is 2.70. The van der Waals surface area contributed by atoms with E-state index >= 15 is 0 Å². The van der Waals surface area contributed by atoms with Gasteiger partial charge in [0, 0.05) is 28.9 Å². The third-order valence-electron chi connectivity index (χ3n) is 2.97. The molecule has 0 unspecified atom stereocenters. The molecule has 1 amide bonds. The Morgan fingerprint density at radius 2 is 2.11 bits per heavy atom. The summed E-state index contributed by atoms with van der Waals surface area (Å²) >= 11 is 0. The van der Waals surface area contributed by atoms with E-state index in [0.717, 1.165) is 16.5 Å². The fourth-order valence-electron chi connectivity index (χ4n) is 1.92. The summed E-state index contributed by atoms with van der Waals surface area (Å²) in [5.74, 6) is 0.407. The van der Waals surface area contributed by atoms with Crippen LogP contribution in [0.4, 0.5) is 5.82 Å². The van der Waals surface area contributed by atoms with Gasteiger partial charge in [-0.25, -0.2) is 4.98 Å². The molecule has 94 valence electrons. The number of carbonyl (C=O) groups excluding carboxylic acids is 1. The van der Waals surface area contributed by atoms with Crippen molar-refractivity contribution < 1.29 is 4.79 Å². The van der Waals surface area contributed by atoms with Crippen LogP contribution in [0.5, 0.6) is 0 Å². The molecule has 4 nitrogen and oxygen atoms in total.